The third kappa shape index (κ3) is 4.00. The van der Waals surface area contributed by atoms with Crippen molar-refractivity contribution in [2.24, 2.45) is 11.7 Å². The zero-order chi connectivity index (χ0) is 12.9. The molecule has 0 spiro atoms. The highest BCUT2D eigenvalue weighted by Gasteiger charge is 2.37. The summed E-state index contributed by atoms with van der Waals surface area (Å²) in [5, 5.41) is 2.56. The molecule has 1 amide bonds. The van der Waals surface area contributed by atoms with Gasteiger partial charge in [-0.1, -0.05) is 19.8 Å². The molecule has 3 N–H and O–H groups in total. The number of hydrogen-bond acceptors (Lipinski definition) is 4. The lowest BCUT2D eigenvalue weighted by Crippen LogP contribution is -2.56. The summed E-state index contributed by atoms with van der Waals surface area (Å²) >= 11 is 0. The van der Waals surface area contributed by atoms with E-state index in [0.29, 0.717) is 25.4 Å². The van der Waals surface area contributed by atoms with E-state index in [2.05, 4.69) is 12.2 Å². The highest BCUT2D eigenvalue weighted by atomic mass is 16.5. The standard InChI is InChI=1S/C12H22N2O3/c1-3-17-10(15)8-14-11(16)12(13)6-4-5-9(2)7-12/h9H,3-8,13H2,1-2H3,(H,14,16). The van der Waals surface area contributed by atoms with E-state index in [4.69, 9.17) is 10.5 Å². The van der Waals surface area contributed by atoms with E-state index in [-0.39, 0.29) is 12.5 Å². The first kappa shape index (κ1) is 14.0. The Kier molecular flexibility index (Phi) is 4.93. The third-order valence-electron chi connectivity index (χ3n) is 3.18. The number of esters is 1. The van der Waals surface area contributed by atoms with Gasteiger partial charge in [-0.05, 0) is 25.7 Å². The normalized spacial score (nSPS) is 28.5. The zero-order valence-corrected chi connectivity index (χ0v) is 10.6. The van der Waals surface area contributed by atoms with Crippen LogP contribution in [0.3, 0.4) is 0 Å². The molecule has 1 aliphatic carbocycles. The molecule has 17 heavy (non-hydrogen) atoms. The minimum atomic E-state index is -0.815. The number of hydrogen-bond donors (Lipinski definition) is 2. The first-order chi connectivity index (χ1) is 7.98. The van der Waals surface area contributed by atoms with E-state index in [9.17, 15) is 9.59 Å². The molecule has 0 aliphatic heterocycles. The molecule has 5 heteroatoms. The number of carbonyl (C=O) groups excluding carboxylic acids is 2. The SMILES string of the molecule is CCOC(=O)CNC(=O)C1(N)CCCC(C)C1. The average molecular weight is 242 g/mol. The Bertz CT molecular complexity index is 293. The number of nitrogens with two attached hydrogens (primary N) is 1. The monoisotopic (exact) mass is 242 g/mol. The Balaban J connectivity index is 2.43. The van der Waals surface area contributed by atoms with Gasteiger partial charge in [-0.25, -0.2) is 0 Å². The summed E-state index contributed by atoms with van der Waals surface area (Å²) in [7, 11) is 0. The van der Waals surface area contributed by atoms with Crippen LogP contribution in [0.25, 0.3) is 0 Å². The van der Waals surface area contributed by atoms with Crippen molar-refractivity contribution in [2.75, 3.05) is 13.2 Å². The van der Waals surface area contributed by atoms with Crippen LogP contribution in [0.4, 0.5) is 0 Å². The van der Waals surface area contributed by atoms with Gasteiger partial charge in [0, 0.05) is 0 Å². The van der Waals surface area contributed by atoms with Crippen LogP contribution in [0.2, 0.25) is 0 Å². The lowest BCUT2D eigenvalue weighted by molar-refractivity contribution is -0.144. The Morgan fingerprint density at radius 2 is 2.24 bits per heavy atom. The Labute approximate surface area is 102 Å². The molecule has 98 valence electrons. The lowest BCUT2D eigenvalue weighted by atomic mass is 9.76. The van der Waals surface area contributed by atoms with Crippen molar-refractivity contribution in [1.29, 1.82) is 0 Å². The van der Waals surface area contributed by atoms with Gasteiger partial charge in [0.1, 0.15) is 6.54 Å². The van der Waals surface area contributed by atoms with Crippen LogP contribution >= 0.6 is 0 Å². The highest BCUT2D eigenvalue weighted by Crippen LogP contribution is 2.30. The van der Waals surface area contributed by atoms with Gasteiger partial charge in [0.2, 0.25) is 5.91 Å². The van der Waals surface area contributed by atoms with Gasteiger partial charge in [0.25, 0.3) is 0 Å². The van der Waals surface area contributed by atoms with Crippen LogP contribution in [-0.2, 0) is 14.3 Å². The molecule has 0 aromatic carbocycles. The minimum Gasteiger partial charge on any atom is -0.465 e. The van der Waals surface area contributed by atoms with Crippen LogP contribution in [0.15, 0.2) is 0 Å². The summed E-state index contributed by atoms with van der Waals surface area (Å²) in [6.07, 6.45) is 3.45. The summed E-state index contributed by atoms with van der Waals surface area (Å²) in [5.41, 5.74) is 5.27. The molecular formula is C12H22N2O3. The molecule has 1 fully saturated rings. The van der Waals surface area contributed by atoms with E-state index in [1.807, 2.05) is 0 Å². The van der Waals surface area contributed by atoms with E-state index in [1.165, 1.54) is 0 Å². The van der Waals surface area contributed by atoms with E-state index in [0.717, 1.165) is 12.8 Å². The predicted octanol–water partition coefficient (Wildman–Crippen LogP) is 0.573. The molecule has 0 bridgehead atoms. The fourth-order valence-electron chi connectivity index (χ4n) is 2.34. The third-order valence-corrected chi connectivity index (χ3v) is 3.18. The number of nitrogens with one attached hydrogen (secondary N) is 1. The first-order valence-electron chi connectivity index (χ1n) is 6.20. The van der Waals surface area contributed by atoms with Gasteiger partial charge in [0.05, 0.1) is 12.1 Å². The smallest absolute Gasteiger partial charge is 0.325 e. The molecule has 0 saturated heterocycles. The molecule has 0 heterocycles. The maximum atomic E-state index is 11.9. The first-order valence-corrected chi connectivity index (χ1v) is 6.20. The largest absolute Gasteiger partial charge is 0.465 e. The molecule has 1 rings (SSSR count). The van der Waals surface area contributed by atoms with Crippen molar-refractivity contribution >= 4 is 11.9 Å². The molecule has 2 atom stereocenters. The fraction of sp³-hybridized carbons (Fsp3) is 0.833. The Hall–Kier alpha value is -1.10. The van der Waals surface area contributed by atoms with Crippen molar-refractivity contribution in [3.05, 3.63) is 0 Å². The second-order valence-electron chi connectivity index (χ2n) is 4.85. The van der Waals surface area contributed by atoms with Gasteiger partial charge < -0.3 is 15.8 Å². The van der Waals surface area contributed by atoms with Gasteiger partial charge in [0.15, 0.2) is 0 Å². The molecule has 0 radical (unpaired) electrons. The molecular weight excluding hydrogens is 220 g/mol. The van der Waals surface area contributed by atoms with Crippen molar-refractivity contribution in [2.45, 2.75) is 45.1 Å². The van der Waals surface area contributed by atoms with Crippen LogP contribution in [0.5, 0.6) is 0 Å². The minimum absolute atomic E-state index is 0.0972. The lowest BCUT2D eigenvalue weighted by Gasteiger charge is -2.35. The Morgan fingerprint density at radius 1 is 1.53 bits per heavy atom. The maximum absolute atomic E-state index is 11.9. The highest BCUT2D eigenvalue weighted by molar-refractivity contribution is 5.89. The van der Waals surface area contributed by atoms with Crippen LogP contribution < -0.4 is 11.1 Å². The number of ether oxygens (including phenoxy) is 1. The van der Waals surface area contributed by atoms with Crippen LogP contribution in [0.1, 0.15) is 39.5 Å². The summed E-state index contributed by atoms with van der Waals surface area (Å²) in [4.78, 5) is 23.1. The molecule has 1 aliphatic rings. The van der Waals surface area contributed by atoms with Crippen LogP contribution in [0, 0.1) is 5.92 Å². The molecule has 0 aromatic rings. The molecule has 1 saturated carbocycles. The topological polar surface area (TPSA) is 81.4 Å². The van der Waals surface area contributed by atoms with Crippen molar-refractivity contribution < 1.29 is 14.3 Å². The van der Waals surface area contributed by atoms with E-state index < -0.39 is 11.5 Å². The quantitative estimate of drug-likeness (QED) is 0.706. The summed E-state index contributed by atoms with van der Waals surface area (Å²) in [6, 6.07) is 0. The Morgan fingerprint density at radius 3 is 2.82 bits per heavy atom. The predicted molar refractivity (Wildman–Crippen MR) is 64.2 cm³/mol. The molecule has 0 aromatic heterocycles. The second kappa shape index (κ2) is 6.00. The van der Waals surface area contributed by atoms with Gasteiger partial charge in [-0.3, -0.25) is 9.59 Å². The summed E-state index contributed by atoms with van der Waals surface area (Å²) in [5.74, 6) is -0.201. The molecule has 5 nitrogen and oxygen atoms in total. The maximum Gasteiger partial charge on any atom is 0.325 e. The summed E-state index contributed by atoms with van der Waals surface area (Å²) < 4.78 is 4.74. The van der Waals surface area contributed by atoms with Crippen LogP contribution in [-0.4, -0.2) is 30.6 Å². The zero-order valence-electron chi connectivity index (χ0n) is 10.6. The molecule has 2 unspecified atom stereocenters. The number of amides is 1. The van der Waals surface area contributed by atoms with Gasteiger partial charge in [-0.2, -0.15) is 0 Å². The van der Waals surface area contributed by atoms with Gasteiger partial charge >= 0.3 is 5.97 Å². The average Bonchev–Trinajstić information content (AvgIpc) is 2.26. The van der Waals surface area contributed by atoms with E-state index >= 15 is 0 Å². The van der Waals surface area contributed by atoms with Crippen molar-refractivity contribution in [3.63, 3.8) is 0 Å². The van der Waals surface area contributed by atoms with Gasteiger partial charge in [-0.15, -0.1) is 0 Å². The number of rotatable bonds is 4. The summed E-state index contributed by atoms with van der Waals surface area (Å²) in [6.45, 7) is 4.05. The second-order valence-corrected chi connectivity index (χ2v) is 4.85. The van der Waals surface area contributed by atoms with Crippen molar-refractivity contribution in [1.82, 2.24) is 5.32 Å². The fourth-order valence-corrected chi connectivity index (χ4v) is 2.34. The van der Waals surface area contributed by atoms with E-state index in [1.54, 1.807) is 6.92 Å². The number of carbonyl (C=O) groups is 2. The van der Waals surface area contributed by atoms with Crippen molar-refractivity contribution in [3.8, 4) is 0 Å².